The highest BCUT2D eigenvalue weighted by Crippen LogP contribution is 2.57. The van der Waals surface area contributed by atoms with E-state index in [2.05, 4.69) is 122 Å². The first-order chi connectivity index (χ1) is 14.8. The van der Waals surface area contributed by atoms with Crippen LogP contribution >= 0.6 is 0 Å². The smallest absolute Gasteiger partial charge is 0.0622 e. The van der Waals surface area contributed by atoms with Crippen molar-refractivity contribution in [3.63, 3.8) is 0 Å². The molecular weight excluding hydrogens is 360 g/mol. The summed E-state index contributed by atoms with van der Waals surface area (Å²) in [5, 5.41) is 2.59. The van der Waals surface area contributed by atoms with E-state index in [1.807, 2.05) is 0 Å². The van der Waals surface area contributed by atoms with Crippen LogP contribution in [0.25, 0.3) is 21.9 Å². The van der Waals surface area contributed by atoms with Crippen LogP contribution in [0.1, 0.15) is 27.8 Å². The number of hydrogen-bond donors (Lipinski definition) is 0. The van der Waals surface area contributed by atoms with Gasteiger partial charge in [0.2, 0.25) is 0 Å². The van der Waals surface area contributed by atoms with Crippen molar-refractivity contribution in [2.75, 3.05) is 0 Å². The van der Waals surface area contributed by atoms with Crippen molar-refractivity contribution in [1.82, 2.24) is 0 Å². The molecule has 1 unspecified atom stereocenters. The van der Waals surface area contributed by atoms with E-state index < -0.39 is 0 Å². The lowest BCUT2D eigenvalue weighted by Crippen LogP contribution is -2.28. The first-order valence-electron chi connectivity index (χ1n) is 10.5. The maximum atomic E-state index is 2.35. The molecule has 0 nitrogen and oxygen atoms in total. The van der Waals surface area contributed by atoms with Crippen LogP contribution in [0.5, 0.6) is 0 Å². The van der Waals surface area contributed by atoms with Crippen molar-refractivity contribution >= 4 is 10.8 Å². The number of hydrogen-bond acceptors (Lipinski definition) is 0. The second kappa shape index (κ2) is 6.43. The molecule has 5 aromatic rings. The second-order valence-corrected chi connectivity index (χ2v) is 8.24. The summed E-state index contributed by atoms with van der Waals surface area (Å²) in [6.07, 6.45) is 0. The van der Waals surface area contributed by atoms with Crippen molar-refractivity contribution in [2.45, 2.75) is 12.3 Å². The normalized spacial score (nSPS) is 17.0. The van der Waals surface area contributed by atoms with Gasteiger partial charge in [0.15, 0.2) is 0 Å². The van der Waals surface area contributed by atoms with Crippen LogP contribution < -0.4 is 0 Å². The molecule has 0 bridgehead atoms. The van der Waals surface area contributed by atoms with Crippen LogP contribution in [0.4, 0.5) is 0 Å². The summed E-state index contributed by atoms with van der Waals surface area (Å²) in [4.78, 5) is 0. The average Bonchev–Trinajstić information content (AvgIpc) is 3.10. The van der Waals surface area contributed by atoms with E-state index in [-0.39, 0.29) is 5.41 Å². The van der Waals surface area contributed by atoms with Gasteiger partial charge in [-0.2, -0.15) is 0 Å². The standard InChI is InChI=1S/C30H22/c1-21-18-19-29-26(20-21)25-15-7-8-16-28(25)30(29,23-12-3-2-4-13-23)27-17-9-11-22-10-5-6-14-24(22)27/h2-20H,1H3. The molecule has 30 heavy (non-hydrogen) atoms. The van der Waals surface area contributed by atoms with Gasteiger partial charge < -0.3 is 0 Å². The van der Waals surface area contributed by atoms with Crippen molar-refractivity contribution in [3.8, 4) is 11.1 Å². The van der Waals surface area contributed by atoms with E-state index in [1.165, 1.54) is 49.7 Å². The summed E-state index contributed by atoms with van der Waals surface area (Å²) in [5.41, 5.74) is 9.06. The molecule has 5 aromatic carbocycles. The van der Waals surface area contributed by atoms with Gasteiger partial charge in [0.1, 0.15) is 0 Å². The van der Waals surface area contributed by atoms with E-state index in [0.29, 0.717) is 0 Å². The fourth-order valence-electron chi connectivity index (χ4n) is 5.40. The van der Waals surface area contributed by atoms with Gasteiger partial charge in [-0.25, -0.2) is 0 Å². The molecule has 0 aliphatic heterocycles. The maximum Gasteiger partial charge on any atom is 0.0719 e. The van der Waals surface area contributed by atoms with Crippen molar-refractivity contribution in [2.24, 2.45) is 0 Å². The lowest BCUT2D eigenvalue weighted by molar-refractivity contribution is 0.776. The first kappa shape index (κ1) is 17.2. The van der Waals surface area contributed by atoms with E-state index >= 15 is 0 Å². The molecule has 6 rings (SSSR count). The lowest BCUT2D eigenvalue weighted by Gasteiger charge is -2.34. The third kappa shape index (κ3) is 2.22. The molecular formula is C30H22. The van der Waals surface area contributed by atoms with Gasteiger partial charge in [0, 0.05) is 0 Å². The summed E-state index contributed by atoms with van der Waals surface area (Å²) in [5.74, 6) is 0. The SMILES string of the molecule is Cc1ccc2c(c1)-c1ccccc1C2(c1ccccc1)c1cccc2ccccc12. The minimum Gasteiger partial charge on any atom is -0.0622 e. The zero-order valence-corrected chi connectivity index (χ0v) is 17.0. The Balaban J connectivity index is 1.85. The fourth-order valence-corrected chi connectivity index (χ4v) is 5.40. The monoisotopic (exact) mass is 382 g/mol. The van der Waals surface area contributed by atoms with Crippen LogP contribution in [-0.4, -0.2) is 0 Å². The summed E-state index contributed by atoms with van der Waals surface area (Å²) >= 11 is 0. The quantitative estimate of drug-likeness (QED) is 0.291. The van der Waals surface area contributed by atoms with Crippen LogP contribution in [0.2, 0.25) is 0 Å². The van der Waals surface area contributed by atoms with Gasteiger partial charge in [0.25, 0.3) is 0 Å². The third-order valence-electron chi connectivity index (χ3n) is 6.60. The Kier molecular flexibility index (Phi) is 3.70. The minimum atomic E-state index is -0.332. The first-order valence-corrected chi connectivity index (χ1v) is 10.5. The Labute approximate surface area is 177 Å². The number of aryl methyl sites for hydroxylation is 1. The summed E-state index contributed by atoms with van der Waals surface area (Å²) in [6.45, 7) is 2.18. The lowest BCUT2D eigenvalue weighted by atomic mass is 9.66. The Morgan fingerprint density at radius 1 is 0.500 bits per heavy atom. The molecule has 0 saturated heterocycles. The largest absolute Gasteiger partial charge is 0.0719 e. The van der Waals surface area contributed by atoms with E-state index in [1.54, 1.807) is 0 Å². The van der Waals surface area contributed by atoms with Crippen LogP contribution in [0.15, 0.2) is 115 Å². The highest BCUT2D eigenvalue weighted by atomic mass is 14.5. The predicted molar refractivity (Wildman–Crippen MR) is 126 cm³/mol. The molecule has 1 aliphatic rings. The van der Waals surface area contributed by atoms with Gasteiger partial charge in [-0.3, -0.25) is 0 Å². The zero-order chi connectivity index (χ0) is 20.1. The maximum absolute atomic E-state index is 2.35. The molecule has 0 saturated carbocycles. The van der Waals surface area contributed by atoms with Gasteiger partial charge in [-0.1, -0.05) is 121 Å². The molecule has 0 amide bonds. The Bertz CT molecular complexity index is 1390. The molecule has 0 heterocycles. The predicted octanol–water partition coefficient (Wildman–Crippen LogP) is 7.51. The molecule has 0 aromatic heterocycles. The zero-order valence-electron chi connectivity index (χ0n) is 17.0. The summed E-state index contributed by atoms with van der Waals surface area (Å²) in [6, 6.07) is 42.4. The molecule has 142 valence electrons. The van der Waals surface area contributed by atoms with E-state index in [0.717, 1.165) is 0 Å². The highest BCUT2D eigenvalue weighted by molar-refractivity contribution is 5.94. The Morgan fingerprint density at radius 3 is 2.07 bits per heavy atom. The Morgan fingerprint density at radius 2 is 1.17 bits per heavy atom. The number of fused-ring (bicyclic) bond motifs is 4. The summed E-state index contributed by atoms with van der Waals surface area (Å²) < 4.78 is 0. The molecule has 0 fully saturated rings. The molecule has 1 atom stereocenters. The summed E-state index contributed by atoms with van der Waals surface area (Å²) in [7, 11) is 0. The third-order valence-corrected chi connectivity index (χ3v) is 6.60. The van der Waals surface area contributed by atoms with Gasteiger partial charge in [-0.05, 0) is 51.1 Å². The highest BCUT2D eigenvalue weighted by Gasteiger charge is 2.46. The van der Waals surface area contributed by atoms with Gasteiger partial charge >= 0.3 is 0 Å². The van der Waals surface area contributed by atoms with Crippen LogP contribution in [0.3, 0.4) is 0 Å². The topological polar surface area (TPSA) is 0 Å². The molecule has 0 spiro atoms. The van der Waals surface area contributed by atoms with Crippen LogP contribution in [0, 0.1) is 6.92 Å². The Hall–Kier alpha value is -3.64. The fraction of sp³-hybridized carbons (Fsp3) is 0.0667. The van der Waals surface area contributed by atoms with E-state index in [4.69, 9.17) is 0 Å². The average molecular weight is 383 g/mol. The van der Waals surface area contributed by atoms with E-state index in [9.17, 15) is 0 Å². The van der Waals surface area contributed by atoms with Crippen molar-refractivity contribution in [3.05, 3.63) is 143 Å². The van der Waals surface area contributed by atoms with Gasteiger partial charge in [-0.15, -0.1) is 0 Å². The second-order valence-electron chi connectivity index (χ2n) is 8.24. The minimum absolute atomic E-state index is 0.332. The molecule has 0 heteroatoms. The van der Waals surface area contributed by atoms with Crippen molar-refractivity contribution < 1.29 is 0 Å². The molecule has 1 aliphatic carbocycles. The van der Waals surface area contributed by atoms with Gasteiger partial charge in [0.05, 0.1) is 5.41 Å². The molecule has 0 radical (unpaired) electrons. The molecule has 0 N–H and O–H groups in total. The van der Waals surface area contributed by atoms with Crippen LogP contribution in [-0.2, 0) is 5.41 Å². The number of rotatable bonds is 2. The van der Waals surface area contributed by atoms with Crippen molar-refractivity contribution in [1.29, 1.82) is 0 Å². The number of benzene rings is 5.